The van der Waals surface area contributed by atoms with Crippen molar-refractivity contribution in [3.63, 3.8) is 0 Å². The largest absolute Gasteiger partial charge is 0.322 e. The number of hydrogen-bond acceptors (Lipinski definition) is 5. The molecule has 0 spiro atoms. The number of carbonyl (C=O) groups is 2. The molecule has 2 aromatic carbocycles. The number of aryl methyl sites for hydroxylation is 1. The van der Waals surface area contributed by atoms with Crippen molar-refractivity contribution >= 4 is 40.4 Å². The Morgan fingerprint density at radius 1 is 0.914 bits per heavy atom. The van der Waals surface area contributed by atoms with Crippen LogP contribution in [0.4, 0.5) is 5.69 Å². The molecule has 0 aliphatic heterocycles. The second-order valence-corrected chi connectivity index (χ2v) is 8.01. The van der Waals surface area contributed by atoms with Crippen molar-refractivity contribution in [1.29, 1.82) is 0 Å². The minimum Gasteiger partial charge on any atom is -0.322 e. The van der Waals surface area contributed by atoms with E-state index >= 15 is 0 Å². The number of nitrogens with one attached hydrogen (secondary N) is 2. The zero-order valence-corrected chi connectivity index (χ0v) is 18.9. The molecule has 0 aliphatic carbocycles. The zero-order valence-electron chi connectivity index (χ0n) is 18.9. The number of nitrogens with zero attached hydrogens (tertiary/aromatic N) is 3. The van der Waals surface area contributed by atoms with E-state index in [1.807, 2.05) is 43.3 Å². The Balaban J connectivity index is 1.36. The van der Waals surface area contributed by atoms with Gasteiger partial charge < -0.3 is 5.32 Å². The van der Waals surface area contributed by atoms with Gasteiger partial charge in [0.15, 0.2) is 5.78 Å². The summed E-state index contributed by atoms with van der Waals surface area (Å²) in [6, 6.07) is 19.7. The summed E-state index contributed by atoms with van der Waals surface area (Å²) in [6.45, 7) is 1.83. The number of fused-ring (bicyclic) bond motifs is 1. The lowest BCUT2D eigenvalue weighted by Crippen LogP contribution is -2.14. The van der Waals surface area contributed by atoms with E-state index < -0.39 is 0 Å². The van der Waals surface area contributed by atoms with E-state index in [-0.39, 0.29) is 11.7 Å². The molecule has 0 bridgehead atoms. The molecule has 3 heterocycles. The van der Waals surface area contributed by atoms with Crippen LogP contribution in [0.15, 0.2) is 85.3 Å². The summed E-state index contributed by atoms with van der Waals surface area (Å²) in [5.41, 5.74) is 5.21. The molecule has 0 aliphatic rings. The van der Waals surface area contributed by atoms with Gasteiger partial charge in [0.2, 0.25) is 0 Å². The average Bonchev–Trinajstić information content (AvgIpc) is 3.30. The molecule has 7 nitrogen and oxygen atoms in total. The van der Waals surface area contributed by atoms with Crippen LogP contribution < -0.4 is 5.32 Å². The Kier molecular flexibility index (Phi) is 5.96. The average molecular weight is 460 g/mol. The highest BCUT2D eigenvalue weighted by Gasteiger charge is 2.14. The topological polar surface area (TPSA) is 101 Å². The molecule has 0 saturated carbocycles. The first-order valence-corrected chi connectivity index (χ1v) is 11.0. The SMILES string of the molecule is Cc1cnccc1C(=O)Nc1cccc(C(=O)c2ccc3c(/C=C/c4ccccn4)n[nH]c3c2)c1. The number of carbonyl (C=O) groups excluding carboxylic acids is 2. The van der Waals surface area contributed by atoms with Crippen LogP contribution in [0.2, 0.25) is 0 Å². The molecule has 35 heavy (non-hydrogen) atoms. The fourth-order valence-corrected chi connectivity index (χ4v) is 3.78. The van der Waals surface area contributed by atoms with Crippen LogP contribution in [0.1, 0.15) is 43.2 Å². The highest BCUT2D eigenvalue weighted by Crippen LogP contribution is 2.22. The summed E-state index contributed by atoms with van der Waals surface area (Å²) < 4.78 is 0. The maximum absolute atomic E-state index is 13.2. The number of aromatic nitrogens is 4. The zero-order chi connectivity index (χ0) is 24.2. The molecule has 0 radical (unpaired) electrons. The van der Waals surface area contributed by atoms with Crippen molar-refractivity contribution in [2.75, 3.05) is 5.32 Å². The van der Waals surface area contributed by atoms with Crippen molar-refractivity contribution < 1.29 is 9.59 Å². The number of pyridine rings is 2. The minimum absolute atomic E-state index is 0.150. The number of anilines is 1. The molecule has 170 valence electrons. The number of amides is 1. The van der Waals surface area contributed by atoms with Crippen molar-refractivity contribution in [2.24, 2.45) is 0 Å². The van der Waals surface area contributed by atoms with Crippen LogP contribution in [-0.2, 0) is 0 Å². The summed E-state index contributed by atoms with van der Waals surface area (Å²) in [5.74, 6) is -0.400. The van der Waals surface area contributed by atoms with Crippen LogP contribution in [0.5, 0.6) is 0 Å². The third-order valence-electron chi connectivity index (χ3n) is 5.60. The lowest BCUT2D eigenvalue weighted by molar-refractivity contribution is 0.102. The molecule has 0 saturated heterocycles. The predicted octanol–water partition coefficient (Wildman–Crippen LogP) is 5.32. The van der Waals surface area contributed by atoms with Crippen molar-refractivity contribution in [3.05, 3.63) is 119 Å². The van der Waals surface area contributed by atoms with E-state index in [1.54, 1.807) is 61.1 Å². The summed E-state index contributed by atoms with van der Waals surface area (Å²) in [4.78, 5) is 34.1. The van der Waals surface area contributed by atoms with Crippen LogP contribution in [0, 0.1) is 6.92 Å². The van der Waals surface area contributed by atoms with Gasteiger partial charge >= 0.3 is 0 Å². The first kappa shape index (κ1) is 21.9. The number of hydrogen-bond donors (Lipinski definition) is 2. The van der Waals surface area contributed by atoms with Gasteiger partial charge in [-0.3, -0.25) is 24.7 Å². The first-order valence-electron chi connectivity index (χ1n) is 11.0. The summed E-state index contributed by atoms with van der Waals surface area (Å²) >= 11 is 0. The molecular formula is C28H21N5O2. The molecule has 1 amide bonds. The lowest BCUT2D eigenvalue weighted by atomic mass is 10.0. The predicted molar refractivity (Wildman–Crippen MR) is 136 cm³/mol. The smallest absolute Gasteiger partial charge is 0.256 e. The van der Waals surface area contributed by atoms with E-state index in [0.717, 1.165) is 27.9 Å². The Morgan fingerprint density at radius 3 is 2.63 bits per heavy atom. The summed E-state index contributed by atoms with van der Waals surface area (Å²) in [7, 11) is 0. The van der Waals surface area contributed by atoms with Gasteiger partial charge in [-0.25, -0.2) is 0 Å². The number of benzene rings is 2. The summed E-state index contributed by atoms with van der Waals surface area (Å²) in [6.07, 6.45) is 8.73. The van der Waals surface area contributed by atoms with Crippen molar-refractivity contribution in [2.45, 2.75) is 6.92 Å². The monoisotopic (exact) mass is 459 g/mol. The van der Waals surface area contributed by atoms with Crippen LogP contribution in [0.3, 0.4) is 0 Å². The van der Waals surface area contributed by atoms with Gasteiger partial charge in [0.05, 0.1) is 16.9 Å². The second kappa shape index (κ2) is 9.52. The second-order valence-electron chi connectivity index (χ2n) is 8.01. The minimum atomic E-state index is -0.250. The van der Waals surface area contributed by atoms with E-state index in [2.05, 4.69) is 25.5 Å². The fraction of sp³-hybridized carbons (Fsp3) is 0.0357. The van der Waals surface area contributed by atoms with Crippen LogP contribution >= 0.6 is 0 Å². The maximum Gasteiger partial charge on any atom is 0.256 e. The molecule has 0 unspecified atom stereocenters. The Hall–Kier alpha value is -4.91. The molecule has 5 rings (SSSR count). The lowest BCUT2D eigenvalue weighted by Gasteiger charge is -2.09. The molecule has 7 heteroatoms. The maximum atomic E-state index is 13.2. The standard InChI is InChI=1S/C28H21N5O2/c1-18-17-29-14-12-23(18)28(35)31-22-7-4-5-19(15-22)27(34)20-8-10-24-25(32-33-26(24)16-20)11-9-21-6-2-3-13-30-21/h2-17H,1H3,(H,31,35)(H,32,33)/b11-9+. The van der Waals surface area contributed by atoms with E-state index in [0.29, 0.717) is 22.4 Å². The van der Waals surface area contributed by atoms with Gasteiger partial charge in [-0.2, -0.15) is 5.10 Å². The van der Waals surface area contributed by atoms with E-state index in [4.69, 9.17) is 0 Å². The van der Waals surface area contributed by atoms with Gasteiger partial charge in [0, 0.05) is 46.4 Å². The highest BCUT2D eigenvalue weighted by atomic mass is 16.1. The van der Waals surface area contributed by atoms with Gasteiger partial charge in [-0.15, -0.1) is 0 Å². The fourth-order valence-electron chi connectivity index (χ4n) is 3.78. The quantitative estimate of drug-likeness (QED) is 0.335. The van der Waals surface area contributed by atoms with Gasteiger partial charge in [-0.05, 0) is 67.1 Å². The van der Waals surface area contributed by atoms with Crippen molar-refractivity contribution in [3.8, 4) is 0 Å². The Labute approximate surface area is 201 Å². The number of aromatic amines is 1. The van der Waals surface area contributed by atoms with E-state index in [1.165, 1.54) is 0 Å². The third-order valence-corrected chi connectivity index (χ3v) is 5.60. The number of ketones is 1. The molecule has 3 aromatic heterocycles. The number of H-pyrrole nitrogens is 1. The van der Waals surface area contributed by atoms with Crippen molar-refractivity contribution in [1.82, 2.24) is 20.2 Å². The number of rotatable bonds is 6. The van der Waals surface area contributed by atoms with E-state index in [9.17, 15) is 9.59 Å². The Morgan fingerprint density at radius 2 is 1.80 bits per heavy atom. The summed E-state index contributed by atoms with van der Waals surface area (Å²) in [5, 5.41) is 11.1. The first-order chi connectivity index (χ1) is 17.1. The normalized spacial score (nSPS) is 11.1. The van der Waals surface area contributed by atoms with Gasteiger partial charge in [-0.1, -0.05) is 24.3 Å². The van der Waals surface area contributed by atoms with Gasteiger partial charge in [0.1, 0.15) is 0 Å². The molecule has 0 atom stereocenters. The molecular weight excluding hydrogens is 438 g/mol. The highest BCUT2D eigenvalue weighted by molar-refractivity contribution is 6.12. The molecule has 2 N–H and O–H groups in total. The Bertz CT molecular complexity index is 1570. The molecule has 0 fully saturated rings. The van der Waals surface area contributed by atoms with Gasteiger partial charge in [0.25, 0.3) is 5.91 Å². The van der Waals surface area contributed by atoms with Crippen LogP contribution in [-0.4, -0.2) is 31.9 Å². The van der Waals surface area contributed by atoms with Crippen LogP contribution in [0.25, 0.3) is 23.1 Å². The third kappa shape index (κ3) is 4.74. The molecule has 5 aromatic rings.